The first kappa shape index (κ1) is 14.5. The van der Waals surface area contributed by atoms with E-state index in [0.717, 1.165) is 38.6 Å². The number of benzene rings is 1. The molecule has 2 nitrogen and oxygen atoms in total. The fourth-order valence-electron chi connectivity index (χ4n) is 2.25. The number of rotatable bonds is 9. The molecule has 106 valence electrons. The minimum atomic E-state index is -0.161. The first-order chi connectivity index (χ1) is 9.28. The van der Waals surface area contributed by atoms with Gasteiger partial charge in [-0.25, -0.2) is 4.39 Å². The Morgan fingerprint density at radius 1 is 1.32 bits per heavy atom. The third-order valence-electron chi connectivity index (χ3n) is 3.58. The maximum atomic E-state index is 12.9. The predicted octanol–water partition coefficient (Wildman–Crippen LogP) is 3.16. The van der Waals surface area contributed by atoms with Crippen LogP contribution < -0.4 is 5.32 Å². The fraction of sp³-hybridized carbons (Fsp3) is 0.625. The van der Waals surface area contributed by atoms with Gasteiger partial charge in [-0.1, -0.05) is 12.1 Å². The van der Waals surface area contributed by atoms with Gasteiger partial charge < -0.3 is 10.1 Å². The molecule has 2 rings (SSSR count). The Labute approximate surface area is 115 Å². The number of halogens is 1. The van der Waals surface area contributed by atoms with Gasteiger partial charge in [-0.15, -0.1) is 0 Å². The summed E-state index contributed by atoms with van der Waals surface area (Å²) in [7, 11) is 0. The lowest BCUT2D eigenvalue weighted by Crippen LogP contribution is -2.27. The van der Waals surface area contributed by atoms with Gasteiger partial charge in [-0.2, -0.15) is 0 Å². The second-order valence-electron chi connectivity index (χ2n) is 5.36. The molecule has 1 saturated carbocycles. The van der Waals surface area contributed by atoms with Crippen LogP contribution in [0.5, 0.6) is 0 Å². The van der Waals surface area contributed by atoms with Crippen molar-refractivity contribution in [3.63, 3.8) is 0 Å². The Morgan fingerprint density at radius 3 is 2.68 bits per heavy atom. The second kappa shape index (κ2) is 7.61. The molecule has 1 fully saturated rings. The molecule has 0 spiro atoms. The molecular formula is C16H24FNO. The summed E-state index contributed by atoms with van der Waals surface area (Å²) in [5, 5.41) is 3.59. The summed E-state index contributed by atoms with van der Waals surface area (Å²) in [5.41, 5.74) is 1.21. The Morgan fingerprint density at radius 2 is 2.05 bits per heavy atom. The standard InChI is InChI=1S/C16H24FNO/c1-2-19-10-9-14(12-18-16-7-8-16)11-13-3-5-15(17)6-4-13/h3-6,14,16,18H,2,7-12H2,1H3. The third-order valence-corrected chi connectivity index (χ3v) is 3.58. The van der Waals surface area contributed by atoms with Crippen LogP contribution in [0.2, 0.25) is 0 Å². The van der Waals surface area contributed by atoms with Crippen LogP contribution in [-0.2, 0) is 11.2 Å². The molecule has 1 aromatic carbocycles. The van der Waals surface area contributed by atoms with E-state index in [2.05, 4.69) is 5.32 Å². The zero-order valence-electron chi connectivity index (χ0n) is 11.7. The summed E-state index contributed by atoms with van der Waals surface area (Å²) in [5.74, 6) is 0.406. The van der Waals surface area contributed by atoms with Crippen LogP contribution in [-0.4, -0.2) is 25.8 Å². The SMILES string of the molecule is CCOCCC(CNC1CC1)Cc1ccc(F)cc1. The largest absolute Gasteiger partial charge is 0.382 e. The highest BCUT2D eigenvalue weighted by Crippen LogP contribution is 2.20. The summed E-state index contributed by atoms with van der Waals surface area (Å²) >= 11 is 0. The molecule has 3 heteroatoms. The van der Waals surface area contributed by atoms with Crippen LogP contribution in [0, 0.1) is 11.7 Å². The number of hydrogen-bond acceptors (Lipinski definition) is 2. The average molecular weight is 265 g/mol. The van der Waals surface area contributed by atoms with Gasteiger partial charge in [0.15, 0.2) is 0 Å². The lowest BCUT2D eigenvalue weighted by atomic mass is 9.96. The topological polar surface area (TPSA) is 21.3 Å². The van der Waals surface area contributed by atoms with Crippen molar-refractivity contribution >= 4 is 0 Å². The van der Waals surface area contributed by atoms with Crippen molar-refractivity contribution in [2.75, 3.05) is 19.8 Å². The van der Waals surface area contributed by atoms with Gasteiger partial charge in [0.05, 0.1) is 0 Å². The summed E-state index contributed by atoms with van der Waals surface area (Å²) in [6.45, 7) is 4.65. The van der Waals surface area contributed by atoms with Crippen molar-refractivity contribution in [1.29, 1.82) is 0 Å². The quantitative estimate of drug-likeness (QED) is 0.692. The molecule has 1 aliphatic rings. The maximum absolute atomic E-state index is 12.9. The zero-order valence-corrected chi connectivity index (χ0v) is 11.7. The molecule has 1 N–H and O–H groups in total. The summed E-state index contributed by atoms with van der Waals surface area (Å²) < 4.78 is 18.4. The third kappa shape index (κ3) is 5.70. The smallest absolute Gasteiger partial charge is 0.123 e. The van der Waals surface area contributed by atoms with E-state index in [1.54, 1.807) is 12.1 Å². The Balaban J connectivity index is 1.81. The molecule has 0 aliphatic heterocycles. The Kier molecular flexibility index (Phi) is 5.80. The minimum absolute atomic E-state index is 0.161. The van der Waals surface area contributed by atoms with Gasteiger partial charge in [0, 0.05) is 19.3 Å². The molecule has 1 unspecified atom stereocenters. The minimum Gasteiger partial charge on any atom is -0.382 e. The normalized spacial score (nSPS) is 16.5. The molecule has 0 aromatic heterocycles. The van der Waals surface area contributed by atoms with E-state index in [0.29, 0.717) is 5.92 Å². The van der Waals surface area contributed by atoms with E-state index in [1.807, 2.05) is 19.1 Å². The Bertz CT molecular complexity index is 362. The molecule has 0 heterocycles. The first-order valence-electron chi connectivity index (χ1n) is 7.33. The second-order valence-corrected chi connectivity index (χ2v) is 5.36. The highest BCUT2D eigenvalue weighted by Gasteiger charge is 2.21. The molecule has 1 aromatic rings. The van der Waals surface area contributed by atoms with Gasteiger partial charge in [0.2, 0.25) is 0 Å². The highest BCUT2D eigenvalue weighted by molar-refractivity contribution is 5.16. The molecule has 0 radical (unpaired) electrons. The van der Waals surface area contributed by atoms with E-state index >= 15 is 0 Å². The lowest BCUT2D eigenvalue weighted by molar-refractivity contribution is 0.131. The Hall–Kier alpha value is -0.930. The van der Waals surface area contributed by atoms with Crippen molar-refractivity contribution in [2.24, 2.45) is 5.92 Å². The van der Waals surface area contributed by atoms with E-state index < -0.39 is 0 Å². The summed E-state index contributed by atoms with van der Waals surface area (Å²) in [4.78, 5) is 0. The van der Waals surface area contributed by atoms with Gasteiger partial charge in [-0.05, 0) is 62.8 Å². The molecule has 0 amide bonds. The van der Waals surface area contributed by atoms with Crippen LogP contribution >= 0.6 is 0 Å². The van der Waals surface area contributed by atoms with Crippen LogP contribution in [0.25, 0.3) is 0 Å². The van der Waals surface area contributed by atoms with E-state index in [4.69, 9.17) is 4.74 Å². The summed E-state index contributed by atoms with van der Waals surface area (Å²) in [6, 6.07) is 7.61. The van der Waals surface area contributed by atoms with Gasteiger partial charge >= 0.3 is 0 Å². The molecular weight excluding hydrogens is 241 g/mol. The number of hydrogen-bond donors (Lipinski definition) is 1. The van der Waals surface area contributed by atoms with Crippen molar-refractivity contribution in [3.8, 4) is 0 Å². The lowest BCUT2D eigenvalue weighted by Gasteiger charge is -2.17. The van der Waals surface area contributed by atoms with Gasteiger partial charge in [0.1, 0.15) is 5.82 Å². The average Bonchev–Trinajstić information content (AvgIpc) is 3.23. The number of nitrogens with one attached hydrogen (secondary N) is 1. The molecule has 19 heavy (non-hydrogen) atoms. The van der Waals surface area contributed by atoms with Crippen LogP contribution in [0.3, 0.4) is 0 Å². The number of ether oxygens (including phenoxy) is 1. The van der Waals surface area contributed by atoms with Crippen molar-refractivity contribution in [2.45, 2.75) is 38.6 Å². The highest BCUT2D eigenvalue weighted by atomic mass is 19.1. The predicted molar refractivity (Wildman–Crippen MR) is 75.7 cm³/mol. The molecule has 1 atom stereocenters. The van der Waals surface area contributed by atoms with Gasteiger partial charge in [0.25, 0.3) is 0 Å². The molecule has 0 saturated heterocycles. The molecule has 0 bridgehead atoms. The zero-order chi connectivity index (χ0) is 13.5. The van der Waals surface area contributed by atoms with E-state index in [1.165, 1.54) is 18.4 Å². The molecule has 1 aliphatic carbocycles. The van der Waals surface area contributed by atoms with E-state index in [-0.39, 0.29) is 5.82 Å². The summed E-state index contributed by atoms with van der Waals surface area (Å²) in [6.07, 6.45) is 4.68. The van der Waals surface area contributed by atoms with Crippen molar-refractivity contribution in [1.82, 2.24) is 5.32 Å². The van der Waals surface area contributed by atoms with Crippen LogP contribution in [0.1, 0.15) is 31.7 Å². The fourth-order valence-corrected chi connectivity index (χ4v) is 2.25. The van der Waals surface area contributed by atoms with Crippen LogP contribution in [0.4, 0.5) is 4.39 Å². The first-order valence-corrected chi connectivity index (χ1v) is 7.33. The van der Waals surface area contributed by atoms with Crippen LogP contribution in [0.15, 0.2) is 24.3 Å². The van der Waals surface area contributed by atoms with Gasteiger partial charge in [-0.3, -0.25) is 0 Å². The van der Waals surface area contributed by atoms with E-state index in [9.17, 15) is 4.39 Å². The van der Waals surface area contributed by atoms with Crippen molar-refractivity contribution in [3.05, 3.63) is 35.6 Å². The van der Waals surface area contributed by atoms with Crippen molar-refractivity contribution < 1.29 is 9.13 Å². The monoisotopic (exact) mass is 265 g/mol. The maximum Gasteiger partial charge on any atom is 0.123 e.